The summed E-state index contributed by atoms with van der Waals surface area (Å²) in [6, 6.07) is 5.47. The molecule has 0 saturated carbocycles. The number of hydrogen-bond donors (Lipinski definition) is 1. The molecule has 0 saturated heterocycles. The Kier molecular flexibility index (Phi) is 4.10. The van der Waals surface area contributed by atoms with Gasteiger partial charge in [0, 0.05) is 18.2 Å². The van der Waals surface area contributed by atoms with Crippen LogP contribution in [0.1, 0.15) is 42.2 Å². The maximum atomic E-state index is 12.2. The van der Waals surface area contributed by atoms with E-state index >= 15 is 0 Å². The molecule has 3 aromatic rings. The fourth-order valence-corrected chi connectivity index (χ4v) is 2.63. The van der Waals surface area contributed by atoms with Crippen LogP contribution in [0.2, 0.25) is 0 Å². The molecule has 1 amide bonds. The molecule has 23 heavy (non-hydrogen) atoms. The topological polar surface area (TPSA) is 85.3 Å². The summed E-state index contributed by atoms with van der Waals surface area (Å²) in [5.74, 6) is 1.45. The number of hydrogen-bond acceptors (Lipinski definition) is 5. The highest BCUT2D eigenvalue weighted by atomic mass is 16.5. The van der Waals surface area contributed by atoms with Crippen LogP contribution in [-0.4, -0.2) is 25.7 Å². The second kappa shape index (κ2) is 6.20. The van der Waals surface area contributed by atoms with Crippen molar-refractivity contribution in [1.29, 1.82) is 0 Å². The van der Waals surface area contributed by atoms with Crippen LogP contribution in [0.3, 0.4) is 0 Å². The Hall–Kier alpha value is -2.70. The quantitative estimate of drug-likeness (QED) is 0.780. The Morgan fingerprint density at radius 3 is 2.91 bits per heavy atom. The number of amides is 1. The largest absolute Gasteiger partial charge is 0.361 e. The molecule has 0 aliphatic carbocycles. The molecule has 7 heteroatoms. The summed E-state index contributed by atoms with van der Waals surface area (Å²) in [7, 11) is 0. The van der Waals surface area contributed by atoms with Crippen molar-refractivity contribution in [2.75, 3.05) is 0 Å². The van der Waals surface area contributed by atoms with Crippen molar-refractivity contribution < 1.29 is 9.32 Å². The minimum atomic E-state index is -0.218. The number of carbonyl (C=O) groups excluding carboxylic acids is 1. The van der Waals surface area contributed by atoms with Gasteiger partial charge in [-0.1, -0.05) is 11.2 Å². The first-order valence-electron chi connectivity index (χ1n) is 7.57. The number of carbonyl (C=O) groups is 1. The van der Waals surface area contributed by atoms with Gasteiger partial charge in [0.1, 0.15) is 5.76 Å². The summed E-state index contributed by atoms with van der Waals surface area (Å²) in [5.41, 5.74) is 2.60. The molecule has 0 bridgehead atoms. The van der Waals surface area contributed by atoms with Crippen molar-refractivity contribution in [3.05, 3.63) is 47.2 Å². The van der Waals surface area contributed by atoms with Gasteiger partial charge in [-0.2, -0.15) is 0 Å². The predicted molar refractivity (Wildman–Crippen MR) is 83.8 cm³/mol. The van der Waals surface area contributed by atoms with E-state index in [1.54, 1.807) is 0 Å². The molecule has 0 aromatic carbocycles. The highest BCUT2D eigenvalue weighted by Crippen LogP contribution is 2.15. The Bertz CT molecular complexity index is 816. The summed E-state index contributed by atoms with van der Waals surface area (Å²) < 4.78 is 6.99. The van der Waals surface area contributed by atoms with Gasteiger partial charge >= 0.3 is 0 Å². The van der Waals surface area contributed by atoms with Crippen LogP contribution in [0.25, 0.3) is 5.65 Å². The van der Waals surface area contributed by atoms with Crippen LogP contribution in [0, 0.1) is 13.8 Å². The molecule has 0 radical (unpaired) electrons. The molecular weight excluding hydrogens is 294 g/mol. The van der Waals surface area contributed by atoms with Gasteiger partial charge in [0.15, 0.2) is 11.5 Å². The summed E-state index contributed by atoms with van der Waals surface area (Å²) >= 11 is 0. The van der Waals surface area contributed by atoms with Crippen molar-refractivity contribution in [2.24, 2.45) is 0 Å². The van der Waals surface area contributed by atoms with Gasteiger partial charge in [-0.3, -0.25) is 9.20 Å². The standard InChI is InChI=1S/C16H19N5O2/c1-10-13(12(3)23-20-10)7-8-15(22)17-11(2)16-19-18-14-6-4-5-9-21(14)16/h4-6,9,11H,7-8H2,1-3H3,(H,17,22)/t11-/m0/s1. The molecular formula is C16H19N5O2. The van der Waals surface area contributed by atoms with Crippen LogP contribution in [-0.2, 0) is 11.2 Å². The van der Waals surface area contributed by atoms with Crippen molar-refractivity contribution in [3.8, 4) is 0 Å². The van der Waals surface area contributed by atoms with E-state index in [0.717, 1.165) is 22.7 Å². The van der Waals surface area contributed by atoms with Gasteiger partial charge in [-0.05, 0) is 39.3 Å². The third-order valence-electron chi connectivity index (χ3n) is 3.89. The van der Waals surface area contributed by atoms with E-state index in [1.165, 1.54) is 0 Å². The molecule has 0 spiro atoms. The van der Waals surface area contributed by atoms with E-state index in [0.29, 0.717) is 18.7 Å². The minimum Gasteiger partial charge on any atom is -0.361 e. The Morgan fingerprint density at radius 2 is 2.17 bits per heavy atom. The summed E-state index contributed by atoms with van der Waals surface area (Å²) in [4.78, 5) is 12.2. The van der Waals surface area contributed by atoms with E-state index < -0.39 is 0 Å². The molecule has 0 fully saturated rings. The average Bonchev–Trinajstić information content (AvgIpc) is 3.09. The maximum absolute atomic E-state index is 12.2. The molecule has 1 atom stereocenters. The van der Waals surface area contributed by atoms with E-state index in [4.69, 9.17) is 4.52 Å². The lowest BCUT2D eigenvalue weighted by Gasteiger charge is -2.12. The number of nitrogens with one attached hydrogen (secondary N) is 1. The van der Waals surface area contributed by atoms with E-state index in [2.05, 4.69) is 20.7 Å². The SMILES string of the molecule is Cc1noc(C)c1CCC(=O)N[C@@H](C)c1nnc2ccccn12. The lowest BCUT2D eigenvalue weighted by molar-refractivity contribution is -0.121. The van der Waals surface area contributed by atoms with E-state index in [9.17, 15) is 4.79 Å². The lowest BCUT2D eigenvalue weighted by atomic mass is 10.1. The number of aromatic nitrogens is 4. The minimum absolute atomic E-state index is 0.0369. The van der Waals surface area contributed by atoms with Gasteiger partial charge in [-0.15, -0.1) is 10.2 Å². The molecule has 120 valence electrons. The van der Waals surface area contributed by atoms with Crippen molar-refractivity contribution in [1.82, 2.24) is 25.1 Å². The molecule has 7 nitrogen and oxygen atoms in total. The Labute approximate surface area is 133 Å². The Morgan fingerprint density at radius 1 is 1.35 bits per heavy atom. The van der Waals surface area contributed by atoms with Gasteiger partial charge in [-0.25, -0.2) is 0 Å². The number of aryl methyl sites for hydroxylation is 2. The fourth-order valence-electron chi connectivity index (χ4n) is 2.63. The summed E-state index contributed by atoms with van der Waals surface area (Å²) in [6.45, 7) is 5.64. The first kappa shape index (κ1) is 15.2. The second-order valence-electron chi connectivity index (χ2n) is 5.58. The maximum Gasteiger partial charge on any atom is 0.220 e. The van der Waals surface area contributed by atoms with Gasteiger partial charge in [0.2, 0.25) is 5.91 Å². The first-order chi connectivity index (χ1) is 11.1. The first-order valence-corrected chi connectivity index (χ1v) is 7.57. The zero-order valence-electron chi connectivity index (χ0n) is 13.4. The number of nitrogens with zero attached hydrogens (tertiary/aromatic N) is 4. The third kappa shape index (κ3) is 3.08. The molecule has 3 aromatic heterocycles. The van der Waals surface area contributed by atoms with Crippen LogP contribution >= 0.6 is 0 Å². The number of fused-ring (bicyclic) bond motifs is 1. The zero-order chi connectivity index (χ0) is 16.4. The third-order valence-corrected chi connectivity index (χ3v) is 3.89. The van der Waals surface area contributed by atoms with Gasteiger partial charge in [0.05, 0.1) is 11.7 Å². The normalized spacial score (nSPS) is 12.5. The highest BCUT2D eigenvalue weighted by Gasteiger charge is 2.17. The molecule has 3 rings (SSSR count). The van der Waals surface area contributed by atoms with Crippen molar-refractivity contribution in [3.63, 3.8) is 0 Å². The molecule has 0 aliphatic rings. The fraction of sp³-hybridized carbons (Fsp3) is 0.375. The predicted octanol–water partition coefficient (Wildman–Crippen LogP) is 2.14. The average molecular weight is 313 g/mol. The van der Waals surface area contributed by atoms with Crippen molar-refractivity contribution >= 4 is 11.6 Å². The van der Waals surface area contributed by atoms with Gasteiger partial charge < -0.3 is 9.84 Å². The van der Waals surface area contributed by atoms with Crippen molar-refractivity contribution in [2.45, 2.75) is 39.7 Å². The number of rotatable bonds is 5. The molecule has 0 unspecified atom stereocenters. The van der Waals surface area contributed by atoms with Crippen LogP contribution < -0.4 is 5.32 Å². The smallest absolute Gasteiger partial charge is 0.220 e. The molecule has 1 N–H and O–H groups in total. The zero-order valence-corrected chi connectivity index (χ0v) is 13.4. The summed E-state index contributed by atoms with van der Waals surface area (Å²) in [6.07, 6.45) is 2.88. The monoisotopic (exact) mass is 313 g/mol. The van der Waals surface area contributed by atoms with Crippen LogP contribution in [0.15, 0.2) is 28.9 Å². The van der Waals surface area contributed by atoms with Crippen LogP contribution in [0.4, 0.5) is 0 Å². The molecule has 3 heterocycles. The van der Waals surface area contributed by atoms with E-state index in [1.807, 2.05) is 49.6 Å². The summed E-state index contributed by atoms with van der Waals surface area (Å²) in [5, 5.41) is 15.1. The van der Waals surface area contributed by atoms with Gasteiger partial charge in [0.25, 0.3) is 0 Å². The lowest BCUT2D eigenvalue weighted by Crippen LogP contribution is -2.28. The second-order valence-corrected chi connectivity index (χ2v) is 5.58. The Balaban J connectivity index is 1.63. The van der Waals surface area contributed by atoms with E-state index in [-0.39, 0.29) is 11.9 Å². The highest BCUT2D eigenvalue weighted by molar-refractivity contribution is 5.76. The number of pyridine rings is 1. The molecule has 0 aliphatic heterocycles. The van der Waals surface area contributed by atoms with Crippen LogP contribution in [0.5, 0.6) is 0 Å².